The molecule has 2 aliphatic rings. The molecule has 0 bridgehead atoms. The van der Waals surface area contributed by atoms with Crippen molar-refractivity contribution in [1.82, 2.24) is 15.5 Å². The van der Waals surface area contributed by atoms with Gasteiger partial charge in [0.1, 0.15) is 0 Å². The van der Waals surface area contributed by atoms with Crippen molar-refractivity contribution in [2.45, 2.75) is 32.4 Å². The van der Waals surface area contributed by atoms with Gasteiger partial charge in [0.05, 0.1) is 44.2 Å². The Morgan fingerprint density at radius 3 is 2.61 bits per heavy atom. The minimum atomic E-state index is -0.534. The molecule has 0 fully saturated rings. The summed E-state index contributed by atoms with van der Waals surface area (Å²) in [6.45, 7) is 5.53. The van der Waals surface area contributed by atoms with Gasteiger partial charge < -0.3 is 29.7 Å². The van der Waals surface area contributed by atoms with E-state index >= 15 is 0 Å². The van der Waals surface area contributed by atoms with E-state index in [4.69, 9.17) is 14.2 Å². The summed E-state index contributed by atoms with van der Waals surface area (Å²) in [6, 6.07) is 4.52. The number of rotatable bonds is 8. The Kier molecular flexibility index (Phi) is 6.08. The smallest absolute Gasteiger partial charge is 0.319 e. The Hall–Kier alpha value is -2.74. The van der Waals surface area contributed by atoms with E-state index in [1.165, 1.54) is 0 Å². The van der Waals surface area contributed by atoms with Crippen LogP contribution < -0.4 is 20.1 Å². The Morgan fingerprint density at radius 1 is 1.18 bits per heavy atom. The zero-order chi connectivity index (χ0) is 20.3. The van der Waals surface area contributed by atoms with E-state index in [1.54, 1.807) is 31.3 Å². The van der Waals surface area contributed by atoms with Crippen molar-refractivity contribution in [3.05, 3.63) is 35.0 Å². The van der Waals surface area contributed by atoms with Gasteiger partial charge in [-0.25, -0.2) is 4.79 Å². The van der Waals surface area contributed by atoms with Gasteiger partial charge in [0.2, 0.25) is 0 Å². The fraction of sp³-hybridized carbons (Fsp3) is 0.500. The molecule has 0 saturated carbocycles. The lowest BCUT2D eigenvalue weighted by molar-refractivity contribution is -0.126. The maximum absolute atomic E-state index is 13.0. The number of carbonyl (C=O) groups excluding carboxylic acids is 2. The number of benzene rings is 1. The van der Waals surface area contributed by atoms with Crippen molar-refractivity contribution in [3.8, 4) is 11.5 Å². The molecule has 2 N–H and O–H groups in total. The van der Waals surface area contributed by atoms with Crippen LogP contribution in [0.1, 0.15) is 31.9 Å². The Labute approximate surface area is 164 Å². The summed E-state index contributed by atoms with van der Waals surface area (Å²) in [6.07, 6.45) is 0.908. The summed E-state index contributed by atoms with van der Waals surface area (Å²) >= 11 is 0. The van der Waals surface area contributed by atoms with Crippen LogP contribution in [0.15, 0.2) is 29.5 Å². The van der Waals surface area contributed by atoms with Crippen LogP contribution in [0.2, 0.25) is 0 Å². The molecule has 0 saturated heterocycles. The van der Waals surface area contributed by atoms with Crippen molar-refractivity contribution in [3.63, 3.8) is 0 Å². The zero-order valence-corrected chi connectivity index (χ0v) is 16.7. The lowest BCUT2D eigenvalue weighted by Gasteiger charge is -2.26. The van der Waals surface area contributed by atoms with Gasteiger partial charge in [-0.2, -0.15) is 0 Å². The van der Waals surface area contributed by atoms with Crippen molar-refractivity contribution in [2.24, 2.45) is 0 Å². The fourth-order valence-electron chi connectivity index (χ4n) is 3.47. The summed E-state index contributed by atoms with van der Waals surface area (Å²) in [5.74, 6) is 1.06. The molecule has 1 atom stereocenters. The van der Waals surface area contributed by atoms with Gasteiger partial charge in [0, 0.05) is 13.2 Å². The van der Waals surface area contributed by atoms with Crippen LogP contribution in [0.4, 0.5) is 4.79 Å². The van der Waals surface area contributed by atoms with Gasteiger partial charge in [0.15, 0.2) is 11.5 Å². The van der Waals surface area contributed by atoms with Crippen LogP contribution in [0.25, 0.3) is 0 Å². The first-order valence-electron chi connectivity index (χ1n) is 9.38. The lowest BCUT2D eigenvalue weighted by atomic mass is 9.96. The summed E-state index contributed by atoms with van der Waals surface area (Å²) in [4.78, 5) is 26.9. The van der Waals surface area contributed by atoms with E-state index in [0.29, 0.717) is 42.5 Å². The Balaban J connectivity index is 1.79. The third-order valence-corrected chi connectivity index (χ3v) is 4.78. The van der Waals surface area contributed by atoms with Gasteiger partial charge in [0.25, 0.3) is 5.91 Å². The number of carbonyl (C=O) groups is 2. The average molecular weight is 389 g/mol. The first-order valence-corrected chi connectivity index (χ1v) is 9.38. The van der Waals surface area contributed by atoms with E-state index in [9.17, 15) is 9.59 Å². The molecule has 3 amide bonds. The highest BCUT2D eigenvalue weighted by Crippen LogP contribution is 2.36. The van der Waals surface area contributed by atoms with E-state index in [1.807, 2.05) is 19.9 Å². The second kappa shape index (κ2) is 8.52. The predicted octanol–water partition coefficient (Wildman–Crippen LogP) is 1.97. The third-order valence-electron chi connectivity index (χ3n) is 4.78. The number of urea groups is 1. The fourth-order valence-corrected chi connectivity index (χ4v) is 3.47. The van der Waals surface area contributed by atoms with E-state index in [0.717, 1.165) is 12.0 Å². The number of methoxy groups -OCH3 is 2. The summed E-state index contributed by atoms with van der Waals surface area (Å²) < 4.78 is 16.2. The molecule has 8 nitrogen and oxygen atoms in total. The summed E-state index contributed by atoms with van der Waals surface area (Å²) in [5.41, 5.74) is 1.98. The van der Waals surface area contributed by atoms with Gasteiger partial charge in [-0.15, -0.1) is 0 Å². The van der Waals surface area contributed by atoms with Crippen molar-refractivity contribution >= 4 is 11.9 Å². The molecule has 0 aliphatic carbocycles. The molecule has 1 unspecified atom stereocenters. The molecular weight excluding hydrogens is 362 g/mol. The zero-order valence-electron chi connectivity index (χ0n) is 16.7. The van der Waals surface area contributed by atoms with Gasteiger partial charge in [-0.05, 0) is 38.0 Å². The van der Waals surface area contributed by atoms with Crippen molar-refractivity contribution in [2.75, 3.05) is 33.9 Å². The van der Waals surface area contributed by atoms with Crippen LogP contribution in [-0.2, 0) is 9.53 Å². The molecule has 0 radical (unpaired) electrons. The van der Waals surface area contributed by atoms with Crippen LogP contribution in [0.3, 0.4) is 0 Å². The largest absolute Gasteiger partial charge is 0.493 e. The predicted molar refractivity (Wildman–Crippen MR) is 103 cm³/mol. The van der Waals surface area contributed by atoms with E-state index in [2.05, 4.69) is 10.6 Å². The SMILES string of the molecule is COc1ccc(C2NC(=O)NC3=C2C(=O)N(CCCOC(C)C)C3)cc1OC. The van der Waals surface area contributed by atoms with E-state index < -0.39 is 6.04 Å². The quantitative estimate of drug-likeness (QED) is 0.664. The normalized spacial score (nSPS) is 18.9. The Morgan fingerprint density at radius 2 is 1.93 bits per heavy atom. The highest BCUT2D eigenvalue weighted by Gasteiger charge is 2.40. The molecule has 2 aliphatic heterocycles. The highest BCUT2D eigenvalue weighted by molar-refractivity contribution is 6.01. The minimum absolute atomic E-state index is 0.0770. The average Bonchev–Trinajstić information content (AvgIpc) is 2.99. The first kappa shape index (κ1) is 20.0. The number of nitrogens with one attached hydrogen (secondary N) is 2. The molecule has 3 rings (SSSR count). The second-order valence-electron chi connectivity index (χ2n) is 7.04. The third kappa shape index (κ3) is 4.06. The lowest BCUT2D eigenvalue weighted by Crippen LogP contribution is -2.44. The van der Waals surface area contributed by atoms with Crippen LogP contribution >= 0.6 is 0 Å². The van der Waals surface area contributed by atoms with Crippen LogP contribution in [0.5, 0.6) is 11.5 Å². The highest BCUT2D eigenvalue weighted by atomic mass is 16.5. The maximum atomic E-state index is 13.0. The molecular formula is C20H27N3O5. The van der Waals surface area contributed by atoms with Gasteiger partial charge >= 0.3 is 6.03 Å². The standard InChI is InChI=1S/C20H27N3O5/c1-12(2)28-9-5-8-23-11-14-17(19(23)24)18(22-20(25)21-14)13-6-7-15(26-3)16(10-13)27-4/h6-7,10,12,18H,5,8-9,11H2,1-4H3,(H2,21,22,25). The maximum Gasteiger partial charge on any atom is 0.319 e. The van der Waals surface area contributed by atoms with E-state index in [-0.39, 0.29) is 18.0 Å². The Bertz CT molecular complexity index is 790. The molecule has 0 spiro atoms. The number of hydrogen-bond acceptors (Lipinski definition) is 5. The topological polar surface area (TPSA) is 89.1 Å². The first-order chi connectivity index (χ1) is 13.4. The molecule has 1 aromatic carbocycles. The monoisotopic (exact) mass is 389 g/mol. The molecule has 152 valence electrons. The van der Waals surface area contributed by atoms with Crippen LogP contribution in [-0.4, -0.2) is 56.9 Å². The number of ether oxygens (including phenoxy) is 3. The number of hydrogen-bond donors (Lipinski definition) is 2. The molecule has 2 heterocycles. The van der Waals surface area contributed by atoms with Crippen molar-refractivity contribution in [1.29, 1.82) is 0 Å². The van der Waals surface area contributed by atoms with Gasteiger partial charge in [-0.1, -0.05) is 6.07 Å². The second-order valence-corrected chi connectivity index (χ2v) is 7.04. The number of nitrogens with zero attached hydrogens (tertiary/aromatic N) is 1. The molecule has 1 aromatic rings. The molecule has 0 aromatic heterocycles. The summed E-state index contributed by atoms with van der Waals surface area (Å²) in [5, 5.41) is 5.63. The van der Waals surface area contributed by atoms with Crippen molar-refractivity contribution < 1.29 is 23.8 Å². The minimum Gasteiger partial charge on any atom is -0.493 e. The van der Waals surface area contributed by atoms with Gasteiger partial charge in [-0.3, -0.25) is 4.79 Å². The van der Waals surface area contributed by atoms with Crippen LogP contribution in [0, 0.1) is 0 Å². The number of amides is 3. The summed E-state index contributed by atoms with van der Waals surface area (Å²) in [7, 11) is 3.11. The molecule has 28 heavy (non-hydrogen) atoms. The molecule has 8 heteroatoms.